The minimum Gasteiger partial charge on any atom is -0.459 e. The van der Waals surface area contributed by atoms with Gasteiger partial charge in [-0.1, -0.05) is 102 Å². The van der Waals surface area contributed by atoms with E-state index in [1.807, 2.05) is 55.5 Å². The van der Waals surface area contributed by atoms with Gasteiger partial charge in [0.15, 0.2) is 0 Å². The van der Waals surface area contributed by atoms with Crippen LogP contribution in [0, 0.1) is 0 Å². The van der Waals surface area contributed by atoms with Crippen molar-refractivity contribution in [3.05, 3.63) is 83.9 Å². The maximum absolute atomic E-state index is 12.9. The van der Waals surface area contributed by atoms with E-state index in [4.69, 9.17) is 9.47 Å². The molecule has 1 atom stereocenters. The monoisotopic (exact) mass is 654 g/mol. The lowest BCUT2D eigenvalue weighted by Gasteiger charge is -2.36. The fourth-order valence-corrected chi connectivity index (χ4v) is 6.36. The Hall–Kier alpha value is -3.64. The largest absolute Gasteiger partial charge is 0.459 e. The predicted octanol–water partition coefficient (Wildman–Crippen LogP) is 10.4. The molecule has 3 aromatic rings. The van der Waals surface area contributed by atoms with Crippen molar-refractivity contribution in [2.45, 2.75) is 110 Å². The molecule has 0 N–H and O–H groups in total. The second kappa shape index (κ2) is 20.7. The minimum atomic E-state index is -0.369. The van der Waals surface area contributed by atoms with Crippen LogP contribution in [0.1, 0.15) is 125 Å². The fourth-order valence-electron chi connectivity index (χ4n) is 6.36. The number of esters is 2. The van der Waals surface area contributed by atoms with E-state index in [9.17, 15) is 9.59 Å². The molecular weight excluding hydrogens is 596 g/mol. The molecule has 0 bridgehead atoms. The van der Waals surface area contributed by atoms with Crippen LogP contribution in [0.25, 0.3) is 11.1 Å². The molecule has 1 aliphatic rings. The van der Waals surface area contributed by atoms with Crippen LogP contribution in [0.2, 0.25) is 0 Å². The van der Waals surface area contributed by atoms with Crippen LogP contribution in [0.15, 0.2) is 72.8 Å². The summed E-state index contributed by atoms with van der Waals surface area (Å²) in [6.45, 7) is 11.8. The number of nitrogens with zero attached hydrogens (tertiary/aromatic N) is 2. The zero-order valence-electron chi connectivity index (χ0n) is 29.8. The molecule has 0 saturated carbocycles. The summed E-state index contributed by atoms with van der Waals surface area (Å²) >= 11 is 0. The topological polar surface area (TPSA) is 59.1 Å². The molecule has 0 radical (unpaired) electrons. The number of hydrogen-bond donors (Lipinski definition) is 0. The highest BCUT2D eigenvalue weighted by Gasteiger charge is 2.18. The SMILES string of the molecule is CCCCCCCCCCN1CCN(c2ccc(C(=O)Oc3ccc(-c4ccc(C(=O)O[C@H](C)CCCCCC)cc4)cc3)cc2)CC1. The Kier molecular flexibility index (Phi) is 16.0. The molecule has 1 aliphatic heterocycles. The number of anilines is 1. The molecule has 6 heteroatoms. The Morgan fingerprint density at radius 2 is 1.10 bits per heavy atom. The zero-order valence-corrected chi connectivity index (χ0v) is 29.8. The number of rotatable bonds is 20. The molecular formula is C42H58N2O4. The summed E-state index contributed by atoms with van der Waals surface area (Å²) in [6.07, 6.45) is 16.4. The molecule has 0 amide bonds. The summed E-state index contributed by atoms with van der Waals surface area (Å²) in [7, 11) is 0. The van der Waals surface area contributed by atoms with Gasteiger partial charge in [0.2, 0.25) is 0 Å². The van der Waals surface area contributed by atoms with E-state index in [1.165, 1.54) is 77.2 Å². The van der Waals surface area contributed by atoms with Gasteiger partial charge in [0.1, 0.15) is 5.75 Å². The van der Waals surface area contributed by atoms with Crippen LogP contribution in [0.5, 0.6) is 5.75 Å². The highest BCUT2D eigenvalue weighted by molar-refractivity contribution is 5.92. The molecule has 3 aromatic carbocycles. The average Bonchev–Trinajstić information content (AvgIpc) is 3.12. The van der Waals surface area contributed by atoms with Crippen molar-refractivity contribution in [2.75, 3.05) is 37.6 Å². The number of carbonyl (C=O) groups is 2. The molecule has 1 heterocycles. The van der Waals surface area contributed by atoms with Crippen molar-refractivity contribution in [2.24, 2.45) is 0 Å². The number of benzene rings is 3. The zero-order chi connectivity index (χ0) is 34.0. The molecule has 0 unspecified atom stereocenters. The van der Waals surface area contributed by atoms with E-state index in [1.54, 1.807) is 24.3 Å². The number of carbonyl (C=O) groups excluding carboxylic acids is 2. The van der Waals surface area contributed by atoms with E-state index < -0.39 is 0 Å². The Morgan fingerprint density at radius 1 is 0.604 bits per heavy atom. The highest BCUT2D eigenvalue weighted by atomic mass is 16.5. The average molecular weight is 655 g/mol. The quantitative estimate of drug-likeness (QED) is 0.0686. The summed E-state index contributed by atoms with van der Waals surface area (Å²) in [5, 5.41) is 0. The van der Waals surface area contributed by atoms with Gasteiger partial charge >= 0.3 is 11.9 Å². The van der Waals surface area contributed by atoms with Crippen molar-refractivity contribution in [1.29, 1.82) is 0 Å². The van der Waals surface area contributed by atoms with Crippen molar-refractivity contribution in [3.8, 4) is 16.9 Å². The third-order valence-corrected chi connectivity index (χ3v) is 9.46. The summed E-state index contributed by atoms with van der Waals surface area (Å²) < 4.78 is 11.3. The van der Waals surface area contributed by atoms with Crippen LogP contribution in [0.3, 0.4) is 0 Å². The Labute approximate surface area is 289 Å². The first-order valence-corrected chi connectivity index (χ1v) is 18.7. The molecule has 48 heavy (non-hydrogen) atoms. The predicted molar refractivity (Wildman–Crippen MR) is 198 cm³/mol. The van der Waals surface area contributed by atoms with Crippen molar-refractivity contribution < 1.29 is 19.1 Å². The van der Waals surface area contributed by atoms with Crippen LogP contribution >= 0.6 is 0 Å². The number of piperazine rings is 1. The van der Waals surface area contributed by atoms with Gasteiger partial charge in [-0.05, 0) is 92.4 Å². The third kappa shape index (κ3) is 12.4. The summed E-state index contributed by atoms with van der Waals surface area (Å²) in [4.78, 5) is 30.5. The smallest absolute Gasteiger partial charge is 0.343 e. The van der Waals surface area contributed by atoms with Gasteiger partial charge < -0.3 is 14.4 Å². The molecule has 260 valence electrons. The number of unbranched alkanes of at least 4 members (excludes halogenated alkanes) is 10. The molecule has 0 spiro atoms. The van der Waals surface area contributed by atoms with E-state index in [2.05, 4.69) is 23.6 Å². The number of hydrogen-bond acceptors (Lipinski definition) is 6. The van der Waals surface area contributed by atoms with Crippen molar-refractivity contribution in [1.82, 2.24) is 4.90 Å². The Balaban J connectivity index is 1.17. The first-order chi connectivity index (χ1) is 23.5. The second-order valence-corrected chi connectivity index (χ2v) is 13.4. The van der Waals surface area contributed by atoms with Crippen LogP contribution in [-0.4, -0.2) is 55.7 Å². The second-order valence-electron chi connectivity index (χ2n) is 13.4. The van der Waals surface area contributed by atoms with Crippen molar-refractivity contribution in [3.63, 3.8) is 0 Å². The Morgan fingerprint density at radius 3 is 1.71 bits per heavy atom. The molecule has 1 fully saturated rings. The van der Waals surface area contributed by atoms with Gasteiger partial charge in [-0.3, -0.25) is 4.90 Å². The van der Waals surface area contributed by atoms with Crippen LogP contribution < -0.4 is 9.64 Å². The molecule has 1 saturated heterocycles. The fraction of sp³-hybridized carbons (Fsp3) is 0.524. The van der Waals surface area contributed by atoms with E-state index >= 15 is 0 Å². The molecule has 4 rings (SSSR count). The van der Waals surface area contributed by atoms with Gasteiger partial charge in [0, 0.05) is 31.9 Å². The van der Waals surface area contributed by atoms with Crippen LogP contribution in [0.4, 0.5) is 5.69 Å². The first kappa shape index (κ1) is 37.2. The highest BCUT2D eigenvalue weighted by Crippen LogP contribution is 2.25. The first-order valence-electron chi connectivity index (χ1n) is 18.7. The summed E-state index contributed by atoms with van der Waals surface area (Å²) in [6, 6.07) is 22.7. The molecule has 0 aliphatic carbocycles. The van der Waals surface area contributed by atoms with Gasteiger partial charge in [-0.15, -0.1) is 0 Å². The maximum Gasteiger partial charge on any atom is 0.343 e. The van der Waals surface area contributed by atoms with Crippen molar-refractivity contribution >= 4 is 17.6 Å². The van der Waals surface area contributed by atoms with E-state index in [0.717, 1.165) is 55.8 Å². The number of ether oxygens (including phenoxy) is 2. The lowest BCUT2D eigenvalue weighted by molar-refractivity contribution is 0.0319. The van der Waals surface area contributed by atoms with E-state index in [-0.39, 0.29) is 18.0 Å². The summed E-state index contributed by atoms with van der Waals surface area (Å²) in [5.74, 6) is -0.160. The summed E-state index contributed by atoms with van der Waals surface area (Å²) in [5.41, 5.74) is 4.18. The lowest BCUT2D eigenvalue weighted by Crippen LogP contribution is -2.46. The Bertz CT molecular complexity index is 1350. The normalized spacial score (nSPS) is 14.1. The molecule has 6 nitrogen and oxygen atoms in total. The van der Waals surface area contributed by atoms with Gasteiger partial charge in [0.05, 0.1) is 17.2 Å². The van der Waals surface area contributed by atoms with Crippen LogP contribution in [-0.2, 0) is 4.74 Å². The standard InChI is InChI=1S/C42H58N2O4/c1-4-6-8-10-11-12-13-15-29-43-30-32-44(33-31-43)39-25-21-38(22-26-39)42(46)48-40-27-23-36(24-28-40)35-17-19-37(20-18-35)41(45)47-34(3)16-14-9-7-5-2/h17-28,34H,4-16,29-33H2,1-3H3/t34-/m1/s1. The maximum atomic E-state index is 12.9. The lowest BCUT2D eigenvalue weighted by atomic mass is 10.0. The van der Waals surface area contributed by atoms with Gasteiger partial charge in [0.25, 0.3) is 0 Å². The van der Waals surface area contributed by atoms with E-state index in [0.29, 0.717) is 16.9 Å². The van der Waals surface area contributed by atoms with Gasteiger partial charge in [-0.25, -0.2) is 9.59 Å². The van der Waals surface area contributed by atoms with Gasteiger partial charge in [-0.2, -0.15) is 0 Å². The minimum absolute atomic E-state index is 0.0857. The molecule has 0 aromatic heterocycles. The third-order valence-electron chi connectivity index (χ3n) is 9.46.